The van der Waals surface area contributed by atoms with Crippen molar-refractivity contribution < 1.29 is 13.6 Å². The summed E-state index contributed by atoms with van der Waals surface area (Å²) in [6.45, 7) is 3.77. The number of amides is 1. The van der Waals surface area contributed by atoms with Crippen LogP contribution in [0.2, 0.25) is 0 Å². The number of rotatable bonds is 4. The lowest BCUT2D eigenvalue weighted by Crippen LogP contribution is -2.30. The Morgan fingerprint density at radius 2 is 1.97 bits per heavy atom. The summed E-state index contributed by atoms with van der Waals surface area (Å²) in [5.41, 5.74) is 3.26. The Labute approximate surface area is 167 Å². The summed E-state index contributed by atoms with van der Waals surface area (Å²) < 4.78 is 20.4. The number of pyridine rings is 1. The van der Waals surface area contributed by atoms with Crippen molar-refractivity contribution in [3.8, 4) is 11.5 Å². The zero-order chi connectivity index (χ0) is 20.7. The zero-order valence-electron chi connectivity index (χ0n) is 16.7. The van der Waals surface area contributed by atoms with Crippen molar-refractivity contribution in [2.24, 2.45) is 7.05 Å². The molecule has 7 heteroatoms. The Bertz CT molecular complexity index is 1180. The van der Waals surface area contributed by atoms with Gasteiger partial charge in [0.2, 0.25) is 0 Å². The first kappa shape index (κ1) is 18.9. The molecule has 1 unspecified atom stereocenters. The van der Waals surface area contributed by atoms with E-state index in [0.29, 0.717) is 28.1 Å². The fourth-order valence-electron chi connectivity index (χ4n) is 3.49. The molecule has 3 heterocycles. The van der Waals surface area contributed by atoms with Gasteiger partial charge in [-0.15, -0.1) is 0 Å². The summed E-state index contributed by atoms with van der Waals surface area (Å²) in [7, 11) is 3.54. The third-order valence-electron chi connectivity index (χ3n) is 5.23. The van der Waals surface area contributed by atoms with Gasteiger partial charge in [0.15, 0.2) is 11.4 Å². The van der Waals surface area contributed by atoms with Crippen LogP contribution in [0.25, 0.3) is 22.5 Å². The summed E-state index contributed by atoms with van der Waals surface area (Å²) in [5, 5.41) is 5.15. The first-order valence-electron chi connectivity index (χ1n) is 9.27. The second-order valence-electron chi connectivity index (χ2n) is 7.08. The summed E-state index contributed by atoms with van der Waals surface area (Å²) >= 11 is 0. The van der Waals surface area contributed by atoms with Gasteiger partial charge in [-0.25, -0.2) is 9.37 Å². The molecule has 4 rings (SSSR count). The van der Waals surface area contributed by atoms with Gasteiger partial charge in [0.05, 0.1) is 28.9 Å². The van der Waals surface area contributed by atoms with Gasteiger partial charge >= 0.3 is 0 Å². The summed E-state index contributed by atoms with van der Waals surface area (Å²) in [5.74, 6) is 0.104. The first-order chi connectivity index (χ1) is 13.9. The van der Waals surface area contributed by atoms with E-state index in [2.05, 4.69) is 10.1 Å². The molecule has 1 amide bonds. The van der Waals surface area contributed by atoms with Crippen molar-refractivity contribution in [1.82, 2.24) is 19.7 Å². The van der Waals surface area contributed by atoms with Crippen molar-refractivity contribution in [1.29, 1.82) is 0 Å². The molecule has 3 aromatic heterocycles. The van der Waals surface area contributed by atoms with Crippen LogP contribution in [0.15, 0.2) is 53.1 Å². The highest BCUT2D eigenvalue weighted by atomic mass is 19.1. The monoisotopic (exact) mass is 392 g/mol. The molecule has 0 aliphatic heterocycles. The van der Waals surface area contributed by atoms with Crippen LogP contribution in [0.5, 0.6) is 0 Å². The van der Waals surface area contributed by atoms with Gasteiger partial charge in [0.1, 0.15) is 11.5 Å². The standard InChI is InChI=1S/C22H21FN4O2/c1-13-20-17(22(28)26(3)14(2)15-7-9-16(23)10-8-15)12-18(19-6-5-11-29-19)24-21(20)27(4)25-13/h5-12,14H,1-4H3. The molecule has 0 spiro atoms. The van der Waals surface area contributed by atoms with Crippen molar-refractivity contribution in [3.05, 3.63) is 71.4 Å². The van der Waals surface area contributed by atoms with Gasteiger partial charge < -0.3 is 9.32 Å². The van der Waals surface area contributed by atoms with Crippen molar-refractivity contribution in [2.45, 2.75) is 19.9 Å². The molecule has 0 fully saturated rings. The number of halogens is 1. The van der Waals surface area contributed by atoms with E-state index in [4.69, 9.17) is 4.42 Å². The number of fused-ring (bicyclic) bond motifs is 1. The summed E-state index contributed by atoms with van der Waals surface area (Å²) in [6.07, 6.45) is 1.57. The van der Waals surface area contributed by atoms with Gasteiger partial charge in [0, 0.05) is 14.1 Å². The SMILES string of the molecule is Cc1nn(C)c2nc(-c3ccco3)cc(C(=O)N(C)C(C)c3ccc(F)cc3)c12. The molecular formula is C22H21FN4O2. The fraction of sp³-hybridized carbons (Fsp3) is 0.227. The van der Waals surface area contributed by atoms with Crippen molar-refractivity contribution in [3.63, 3.8) is 0 Å². The van der Waals surface area contributed by atoms with Crippen LogP contribution < -0.4 is 0 Å². The minimum atomic E-state index is -0.306. The fourth-order valence-corrected chi connectivity index (χ4v) is 3.49. The molecule has 0 saturated carbocycles. The van der Waals surface area contributed by atoms with Crippen molar-refractivity contribution in [2.75, 3.05) is 7.05 Å². The molecule has 148 valence electrons. The van der Waals surface area contributed by atoms with E-state index in [1.807, 2.05) is 13.8 Å². The largest absolute Gasteiger partial charge is 0.463 e. The van der Waals surface area contributed by atoms with E-state index < -0.39 is 0 Å². The van der Waals surface area contributed by atoms with Crippen LogP contribution in [-0.2, 0) is 7.05 Å². The lowest BCUT2D eigenvalue weighted by Gasteiger charge is -2.26. The van der Waals surface area contributed by atoms with Crippen LogP contribution in [0.1, 0.15) is 34.6 Å². The number of hydrogen-bond donors (Lipinski definition) is 0. The van der Waals surface area contributed by atoms with E-state index in [-0.39, 0.29) is 17.8 Å². The van der Waals surface area contributed by atoms with Crippen LogP contribution in [0.4, 0.5) is 4.39 Å². The number of nitrogens with zero attached hydrogens (tertiary/aromatic N) is 4. The molecule has 6 nitrogen and oxygen atoms in total. The predicted octanol–water partition coefficient (Wildman–Crippen LogP) is 4.51. The number of furan rings is 1. The third kappa shape index (κ3) is 3.29. The average molecular weight is 392 g/mol. The van der Waals surface area contributed by atoms with Gasteiger partial charge in [-0.3, -0.25) is 9.48 Å². The lowest BCUT2D eigenvalue weighted by molar-refractivity contribution is 0.0744. The molecule has 0 saturated heterocycles. The molecule has 1 atom stereocenters. The molecule has 0 radical (unpaired) electrons. The van der Waals surface area contributed by atoms with Crippen LogP contribution in [-0.4, -0.2) is 32.6 Å². The topological polar surface area (TPSA) is 64.2 Å². The van der Waals surface area contributed by atoms with Gasteiger partial charge in [0.25, 0.3) is 5.91 Å². The highest BCUT2D eigenvalue weighted by molar-refractivity contribution is 6.07. The van der Waals surface area contributed by atoms with E-state index in [1.54, 1.807) is 60.3 Å². The summed E-state index contributed by atoms with van der Waals surface area (Å²) in [4.78, 5) is 19.8. The van der Waals surface area contributed by atoms with Gasteiger partial charge in [-0.1, -0.05) is 12.1 Å². The normalized spacial score (nSPS) is 12.3. The third-order valence-corrected chi connectivity index (χ3v) is 5.23. The Morgan fingerprint density at radius 1 is 1.24 bits per heavy atom. The minimum absolute atomic E-state index is 0.168. The Hall–Kier alpha value is -3.48. The second kappa shape index (κ2) is 7.16. The smallest absolute Gasteiger partial charge is 0.254 e. The van der Waals surface area contributed by atoms with Gasteiger partial charge in [-0.05, 0) is 49.7 Å². The molecular weight excluding hydrogens is 371 g/mol. The summed E-state index contributed by atoms with van der Waals surface area (Å²) in [6, 6.07) is 11.3. The van der Waals surface area contributed by atoms with Crippen LogP contribution in [0, 0.1) is 12.7 Å². The second-order valence-corrected chi connectivity index (χ2v) is 7.08. The molecule has 0 N–H and O–H groups in total. The Morgan fingerprint density at radius 3 is 2.62 bits per heavy atom. The molecule has 4 aromatic rings. The highest BCUT2D eigenvalue weighted by Crippen LogP contribution is 2.29. The molecule has 1 aromatic carbocycles. The molecule has 29 heavy (non-hydrogen) atoms. The highest BCUT2D eigenvalue weighted by Gasteiger charge is 2.25. The number of benzene rings is 1. The van der Waals surface area contributed by atoms with Gasteiger partial charge in [-0.2, -0.15) is 5.10 Å². The maximum atomic E-state index is 13.5. The lowest BCUT2D eigenvalue weighted by atomic mass is 10.0. The molecule has 0 bridgehead atoms. The maximum absolute atomic E-state index is 13.5. The van der Waals surface area contributed by atoms with E-state index >= 15 is 0 Å². The number of aromatic nitrogens is 3. The Kier molecular flexibility index (Phi) is 4.66. The number of carbonyl (C=O) groups is 1. The number of aryl methyl sites for hydroxylation is 2. The zero-order valence-corrected chi connectivity index (χ0v) is 16.7. The first-order valence-corrected chi connectivity index (χ1v) is 9.27. The number of carbonyl (C=O) groups excluding carboxylic acids is 1. The molecule has 0 aliphatic carbocycles. The average Bonchev–Trinajstić information content (AvgIpc) is 3.35. The maximum Gasteiger partial charge on any atom is 0.254 e. The predicted molar refractivity (Wildman–Crippen MR) is 108 cm³/mol. The number of hydrogen-bond acceptors (Lipinski definition) is 4. The van der Waals surface area contributed by atoms with E-state index in [1.165, 1.54) is 12.1 Å². The van der Waals surface area contributed by atoms with Crippen LogP contribution >= 0.6 is 0 Å². The molecule has 0 aliphatic rings. The quantitative estimate of drug-likeness (QED) is 0.513. The van der Waals surface area contributed by atoms with Crippen LogP contribution in [0.3, 0.4) is 0 Å². The van der Waals surface area contributed by atoms with E-state index in [9.17, 15) is 9.18 Å². The minimum Gasteiger partial charge on any atom is -0.463 e. The Balaban J connectivity index is 1.81. The van der Waals surface area contributed by atoms with E-state index in [0.717, 1.165) is 11.3 Å². The van der Waals surface area contributed by atoms with Crippen molar-refractivity contribution >= 4 is 16.9 Å².